The summed E-state index contributed by atoms with van der Waals surface area (Å²) in [5, 5.41) is 14.2. The van der Waals surface area contributed by atoms with Crippen molar-refractivity contribution in [2.24, 2.45) is 0 Å². The molecule has 0 radical (unpaired) electrons. The molecule has 0 spiro atoms. The van der Waals surface area contributed by atoms with Crippen molar-refractivity contribution >= 4 is 28.9 Å². The molecule has 1 N–H and O–H groups in total. The molecule has 0 aliphatic carbocycles. The highest BCUT2D eigenvalue weighted by Crippen LogP contribution is 2.26. The molecule has 2 aromatic rings. The number of rotatable bonds is 9. The first kappa shape index (κ1) is 21.8. The molecule has 29 heavy (non-hydrogen) atoms. The van der Waals surface area contributed by atoms with E-state index >= 15 is 0 Å². The Kier molecular flexibility index (Phi) is 7.67. The molecule has 9 heteroatoms. The number of nitrogens with zero attached hydrogens (tertiary/aromatic N) is 2. The third-order valence-corrected chi connectivity index (χ3v) is 4.16. The smallest absolute Gasteiger partial charge is 0.339 e. The summed E-state index contributed by atoms with van der Waals surface area (Å²) in [5.41, 5.74) is 0.631. The van der Waals surface area contributed by atoms with E-state index in [1.165, 1.54) is 31.1 Å². The van der Waals surface area contributed by atoms with Crippen LogP contribution in [0, 0.1) is 10.1 Å². The van der Waals surface area contributed by atoms with Crippen LogP contribution in [-0.4, -0.2) is 50.2 Å². The monoisotopic (exact) mass is 401 g/mol. The lowest BCUT2D eigenvalue weighted by atomic mass is 10.1. The number of para-hydroxylation sites is 1. The molecule has 0 heterocycles. The van der Waals surface area contributed by atoms with Gasteiger partial charge >= 0.3 is 5.97 Å². The number of carbonyl (C=O) groups is 2. The minimum atomic E-state index is -1.06. The quantitative estimate of drug-likeness (QED) is 0.298. The molecule has 2 aromatic carbocycles. The fraction of sp³-hybridized carbons (Fsp3) is 0.300. The lowest BCUT2D eigenvalue weighted by molar-refractivity contribution is -0.384. The Balaban J connectivity index is 2.10. The van der Waals surface area contributed by atoms with Gasteiger partial charge in [0, 0.05) is 32.5 Å². The van der Waals surface area contributed by atoms with Crippen LogP contribution in [0.1, 0.15) is 17.3 Å². The minimum absolute atomic E-state index is 0.0176. The van der Waals surface area contributed by atoms with Gasteiger partial charge in [0.05, 0.1) is 17.1 Å². The Hall–Kier alpha value is -3.46. The highest BCUT2D eigenvalue weighted by Gasteiger charge is 2.25. The molecule has 0 aromatic heterocycles. The molecule has 0 fully saturated rings. The van der Waals surface area contributed by atoms with Gasteiger partial charge in [0.2, 0.25) is 0 Å². The lowest BCUT2D eigenvalue weighted by Gasteiger charge is -2.21. The van der Waals surface area contributed by atoms with Gasteiger partial charge in [0.1, 0.15) is 5.69 Å². The minimum Gasteiger partial charge on any atom is -0.449 e. The molecule has 9 nitrogen and oxygen atoms in total. The molecule has 1 amide bonds. The molecule has 0 saturated carbocycles. The van der Waals surface area contributed by atoms with Crippen LogP contribution in [0.3, 0.4) is 0 Å². The third-order valence-electron chi connectivity index (χ3n) is 4.16. The predicted molar refractivity (Wildman–Crippen MR) is 108 cm³/mol. The maximum absolute atomic E-state index is 12.5. The van der Waals surface area contributed by atoms with Crippen molar-refractivity contribution in [2.45, 2.75) is 13.0 Å². The summed E-state index contributed by atoms with van der Waals surface area (Å²) in [6, 6.07) is 12.9. The fourth-order valence-corrected chi connectivity index (χ4v) is 2.58. The topological polar surface area (TPSA) is 111 Å². The normalized spacial score (nSPS) is 11.4. The Bertz CT molecular complexity index is 872. The van der Waals surface area contributed by atoms with Crippen LogP contribution < -0.4 is 10.2 Å². The number of nitro benzene ring substituents is 1. The summed E-state index contributed by atoms with van der Waals surface area (Å²) in [4.78, 5) is 37.0. The maximum atomic E-state index is 12.5. The van der Waals surface area contributed by atoms with Crippen molar-refractivity contribution in [3.63, 3.8) is 0 Å². The summed E-state index contributed by atoms with van der Waals surface area (Å²) in [6.45, 7) is 2.20. The van der Waals surface area contributed by atoms with E-state index in [1.54, 1.807) is 31.3 Å². The van der Waals surface area contributed by atoms with E-state index in [1.807, 2.05) is 6.07 Å². The van der Waals surface area contributed by atoms with Gasteiger partial charge in [-0.05, 0) is 31.2 Å². The van der Waals surface area contributed by atoms with Crippen molar-refractivity contribution in [3.8, 4) is 0 Å². The third kappa shape index (κ3) is 5.76. The molecule has 1 atom stereocenters. The largest absolute Gasteiger partial charge is 0.449 e. The van der Waals surface area contributed by atoms with Gasteiger partial charge in [-0.3, -0.25) is 14.9 Å². The van der Waals surface area contributed by atoms with Crippen LogP contribution in [0.4, 0.5) is 17.1 Å². The summed E-state index contributed by atoms with van der Waals surface area (Å²) >= 11 is 0. The number of hydrogen-bond acceptors (Lipinski definition) is 7. The van der Waals surface area contributed by atoms with Gasteiger partial charge in [0.15, 0.2) is 6.10 Å². The van der Waals surface area contributed by atoms with Crippen molar-refractivity contribution < 1.29 is 24.0 Å². The van der Waals surface area contributed by atoms with E-state index in [0.29, 0.717) is 18.8 Å². The first-order chi connectivity index (χ1) is 13.8. The van der Waals surface area contributed by atoms with Gasteiger partial charge in [-0.25, -0.2) is 4.79 Å². The van der Waals surface area contributed by atoms with Gasteiger partial charge in [-0.2, -0.15) is 0 Å². The Morgan fingerprint density at radius 2 is 1.90 bits per heavy atom. The van der Waals surface area contributed by atoms with Gasteiger partial charge in [0.25, 0.3) is 11.6 Å². The summed E-state index contributed by atoms with van der Waals surface area (Å²) in [7, 11) is 3.10. The van der Waals surface area contributed by atoms with Crippen LogP contribution in [0.15, 0.2) is 48.5 Å². The Morgan fingerprint density at radius 3 is 2.52 bits per heavy atom. The zero-order valence-corrected chi connectivity index (χ0v) is 16.5. The number of nitrogens with one attached hydrogen (secondary N) is 1. The number of benzene rings is 2. The average molecular weight is 401 g/mol. The second-order valence-corrected chi connectivity index (χ2v) is 6.19. The van der Waals surface area contributed by atoms with E-state index in [-0.39, 0.29) is 16.9 Å². The summed E-state index contributed by atoms with van der Waals surface area (Å²) in [6.07, 6.45) is -1.06. The molecule has 0 bridgehead atoms. The molecule has 0 aliphatic rings. The van der Waals surface area contributed by atoms with Crippen LogP contribution >= 0.6 is 0 Å². The lowest BCUT2D eigenvalue weighted by Crippen LogP contribution is -2.37. The number of esters is 1. The Morgan fingerprint density at radius 1 is 1.21 bits per heavy atom. The number of nitro groups is 1. The second kappa shape index (κ2) is 10.2. The zero-order valence-electron chi connectivity index (χ0n) is 16.5. The van der Waals surface area contributed by atoms with Crippen LogP contribution in [-0.2, 0) is 14.3 Å². The fourth-order valence-electron chi connectivity index (χ4n) is 2.58. The highest BCUT2D eigenvalue weighted by atomic mass is 16.6. The van der Waals surface area contributed by atoms with E-state index in [4.69, 9.17) is 9.47 Å². The summed E-state index contributed by atoms with van der Waals surface area (Å²) < 4.78 is 10.1. The number of anilines is 2. The number of methoxy groups -OCH3 is 1. The molecule has 0 saturated heterocycles. The van der Waals surface area contributed by atoms with Crippen molar-refractivity contribution in [1.29, 1.82) is 0 Å². The number of ether oxygens (including phenoxy) is 2. The van der Waals surface area contributed by atoms with Gasteiger partial charge < -0.3 is 19.7 Å². The molecule has 154 valence electrons. The van der Waals surface area contributed by atoms with E-state index in [0.717, 1.165) is 6.07 Å². The highest BCUT2D eigenvalue weighted by molar-refractivity contribution is 5.99. The molecular weight excluding hydrogens is 378 g/mol. The zero-order chi connectivity index (χ0) is 21.4. The van der Waals surface area contributed by atoms with Crippen LogP contribution in [0.5, 0.6) is 0 Å². The first-order valence-corrected chi connectivity index (χ1v) is 8.90. The second-order valence-electron chi connectivity index (χ2n) is 6.19. The van der Waals surface area contributed by atoms with E-state index in [9.17, 15) is 19.7 Å². The number of carbonyl (C=O) groups excluding carboxylic acids is 2. The van der Waals surface area contributed by atoms with Gasteiger partial charge in [-0.15, -0.1) is 0 Å². The molecule has 0 aliphatic heterocycles. The molecule has 2 rings (SSSR count). The van der Waals surface area contributed by atoms with Crippen molar-refractivity contribution in [3.05, 3.63) is 64.2 Å². The van der Waals surface area contributed by atoms with E-state index < -0.39 is 22.9 Å². The van der Waals surface area contributed by atoms with Crippen LogP contribution in [0.25, 0.3) is 0 Å². The predicted octanol–water partition coefficient (Wildman–Crippen LogP) is 2.86. The standard InChI is InChI=1S/C20H23N3O6/c1-14(19(24)22(2)16-7-5-4-6-8-16)29-20(25)15-9-10-17(21-11-12-28-3)18(13-15)23(26)27/h4-10,13-14,21H,11-12H2,1-3H3/t14-/m0/s1. The van der Waals surface area contributed by atoms with Crippen LogP contribution in [0.2, 0.25) is 0 Å². The van der Waals surface area contributed by atoms with Crippen molar-refractivity contribution in [1.82, 2.24) is 0 Å². The van der Waals surface area contributed by atoms with Gasteiger partial charge in [-0.1, -0.05) is 18.2 Å². The Labute approximate surface area is 168 Å². The maximum Gasteiger partial charge on any atom is 0.339 e. The average Bonchev–Trinajstić information content (AvgIpc) is 2.73. The summed E-state index contributed by atoms with van der Waals surface area (Å²) in [5.74, 6) is -1.24. The number of likely N-dealkylation sites (N-methyl/N-ethyl adjacent to an activating group) is 1. The van der Waals surface area contributed by atoms with Crippen molar-refractivity contribution in [2.75, 3.05) is 37.5 Å². The molecular formula is C20H23N3O6. The number of amides is 1. The van der Waals surface area contributed by atoms with E-state index in [2.05, 4.69) is 5.32 Å². The molecule has 0 unspecified atom stereocenters. The SMILES string of the molecule is COCCNc1ccc(C(=O)O[C@@H](C)C(=O)N(C)c2ccccc2)cc1[N+](=O)[O-]. The first-order valence-electron chi connectivity index (χ1n) is 8.90. The number of hydrogen-bond donors (Lipinski definition) is 1.